The summed E-state index contributed by atoms with van der Waals surface area (Å²) in [6.45, 7) is 9.65. The summed E-state index contributed by atoms with van der Waals surface area (Å²) in [7, 11) is 1.58. The number of Topliss-reactive ketones (excluding diaryl/α,β-unsaturated/α-hetero) is 1. The zero-order valence-electron chi connectivity index (χ0n) is 21.5. The highest BCUT2D eigenvalue weighted by molar-refractivity contribution is 6.51. The van der Waals surface area contributed by atoms with Crippen LogP contribution in [0.2, 0.25) is 0 Å². The molecule has 1 atom stereocenters. The van der Waals surface area contributed by atoms with Crippen molar-refractivity contribution in [1.82, 2.24) is 0 Å². The summed E-state index contributed by atoms with van der Waals surface area (Å²) in [4.78, 5) is 28.3. The third-order valence-electron chi connectivity index (χ3n) is 6.17. The number of aliphatic hydroxyl groups excluding tert-OH is 1. The Morgan fingerprint density at radius 2 is 1.56 bits per heavy atom. The Morgan fingerprint density at radius 3 is 2.11 bits per heavy atom. The van der Waals surface area contributed by atoms with Gasteiger partial charge < -0.3 is 14.6 Å². The van der Waals surface area contributed by atoms with E-state index < -0.39 is 17.7 Å². The lowest BCUT2D eigenvalue weighted by atomic mass is 9.94. The number of amides is 1. The molecule has 0 aliphatic carbocycles. The lowest BCUT2D eigenvalue weighted by Gasteiger charge is -2.26. The van der Waals surface area contributed by atoms with Gasteiger partial charge in [0.2, 0.25) is 0 Å². The summed E-state index contributed by atoms with van der Waals surface area (Å²) in [6.07, 6.45) is 0.00123. The first kappa shape index (κ1) is 25.0. The van der Waals surface area contributed by atoms with Gasteiger partial charge in [-0.25, -0.2) is 0 Å². The average Bonchev–Trinajstić information content (AvgIpc) is 3.09. The Balaban J connectivity index is 1.91. The molecule has 1 N–H and O–H groups in total. The van der Waals surface area contributed by atoms with E-state index in [0.717, 1.165) is 16.7 Å². The van der Waals surface area contributed by atoms with Crippen molar-refractivity contribution in [3.05, 3.63) is 94.1 Å². The highest BCUT2D eigenvalue weighted by Crippen LogP contribution is 2.43. The number of nitrogens with zero attached hydrogens (tertiary/aromatic N) is 1. The monoisotopic (exact) mass is 485 g/mol. The number of benzene rings is 3. The molecule has 36 heavy (non-hydrogen) atoms. The number of hydrogen-bond acceptors (Lipinski definition) is 5. The predicted molar refractivity (Wildman–Crippen MR) is 141 cm³/mol. The summed E-state index contributed by atoms with van der Waals surface area (Å²) < 4.78 is 11.1. The molecule has 3 aromatic rings. The molecule has 1 aliphatic rings. The van der Waals surface area contributed by atoms with Crippen LogP contribution < -0.4 is 14.4 Å². The molecule has 1 saturated heterocycles. The van der Waals surface area contributed by atoms with Gasteiger partial charge in [0, 0.05) is 11.3 Å². The Morgan fingerprint density at radius 1 is 0.917 bits per heavy atom. The van der Waals surface area contributed by atoms with Crippen LogP contribution in [0.5, 0.6) is 11.5 Å². The van der Waals surface area contributed by atoms with Crippen LogP contribution in [-0.2, 0) is 9.59 Å². The van der Waals surface area contributed by atoms with Gasteiger partial charge >= 0.3 is 0 Å². The van der Waals surface area contributed by atoms with E-state index in [1.54, 1.807) is 37.4 Å². The maximum absolute atomic E-state index is 13.4. The molecule has 1 fully saturated rings. The number of rotatable bonds is 6. The van der Waals surface area contributed by atoms with Crippen molar-refractivity contribution in [2.24, 2.45) is 0 Å². The largest absolute Gasteiger partial charge is 0.507 e. The molecule has 1 amide bonds. The first-order chi connectivity index (χ1) is 17.1. The minimum absolute atomic E-state index is 0.00123. The molecule has 6 nitrogen and oxygen atoms in total. The Kier molecular flexibility index (Phi) is 6.88. The second kappa shape index (κ2) is 9.90. The Bertz CT molecular complexity index is 1330. The minimum atomic E-state index is -0.802. The molecule has 6 heteroatoms. The van der Waals surface area contributed by atoms with Crippen LogP contribution in [0.3, 0.4) is 0 Å². The number of hydrogen-bond donors (Lipinski definition) is 1. The molecule has 1 aliphatic heterocycles. The maximum atomic E-state index is 13.4. The van der Waals surface area contributed by atoms with E-state index >= 15 is 0 Å². The van der Waals surface area contributed by atoms with Crippen LogP contribution in [0, 0.1) is 20.8 Å². The topological polar surface area (TPSA) is 76.1 Å². The number of anilines is 1. The number of methoxy groups -OCH3 is 1. The standard InChI is InChI=1S/C30H31NO5/c1-17(2)36-25-12-9-22(16-20(25)5)28(32)26-27(21-7-10-24(35-6)11-8-21)31(30(34)29(26)33)23-14-18(3)13-19(4)15-23/h7-17,27,32H,1-6H3/b28-26-. The number of carbonyl (C=O) groups is 2. The normalized spacial score (nSPS) is 17.1. The van der Waals surface area contributed by atoms with Crippen molar-refractivity contribution >= 4 is 23.1 Å². The van der Waals surface area contributed by atoms with Crippen molar-refractivity contribution < 1.29 is 24.2 Å². The molecule has 4 rings (SSSR count). The Labute approximate surface area is 211 Å². The molecule has 0 spiro atoms. The smallest absolute Gasteiger partial charge is 0.300 e. The lowest BCUT2D eigenvalue weighted by molar-refractivity contribution is -0.132. The van der Waals surface area contributed by atoms with Gasteiger partial charge in [-0.2, -0.15) is 0 Å². The third kappa shape index (κ3) is 4.71. The Hall–Kier alpha value is -4.06. The van der Waals surface area contributed by atoms with Crippen molar-refractivity contribution in [3.8, 4) is 11.5 Å². The van der Waals surface area contributed by atoms with Gasteiger partial charge in [0.25, 0.3) is 11.7 Å². The van der Waals surface area contributed by atoms with Gasteiger partial charge in [-0.3, -0.25) is 14.5 Å². The molecule has 1 unspecified atom stereocenters. The van der Waals surface area contributed by atoms with E-state index in [2.05, 4.69) is 0 Å². The first-order valence-corrected chi connectivity index (χ1v) is 11.9. The van der Waals surface area contributed by atoms with Crippen LogP contribution in [0.1, 0.15) is 47.7 Å². The average molecular weight is 486 g/mol. The van der Waals surface area contributed by atoms with E-state index in [1.165, 1.54) is 4.90 Å². The quantitative estimate of drug-likeness (QED) is 0.262. The first-order valence-electron chi connectivity index (χ1n) is 11.9. The lowest BCUT2D eigenvalue weighted by Crippen LogP contribution is -2.29. The van der Waals surface area contributed by atoms with Crippen LogP contribution in [0.15, 0.2) is 66.2 Å². The van der Waals surface area contributed by atoms with Gasteiger partial charge in [-0.1, -0.05) is 18.2 Å². The third-order valence-corrected chi connectivity index (χ3v) is 6.17. The number of aryl methyl sites for hydroxylation is 3. The van der Waals surface area contributed by atoms with Crippen molar-refractivity contribution in [3.63, 3.8) is 0 Å². The highest BCUT2D eigenvalue weighted by atomic mass is 16.5. The second-order valence-electron chi connectivity index (χ2n) is 9.44. The van der Waals surface area contributed by atoms with Crippen molar-refractivity contribution in [1.29, 1.82) is 0 Å². The molecule has 0 radical (unpaired) electrons. The zero-order valence-corrected chi connectivity index (χ0v) is 21.5. The van der Waals surface area contributed by atoms with Crippen LogP contribution in [0.4, 0.5) is 5.69 Å². The van der Waals surface area contributed by atoms with Crippen LogP contribution in [-0.4, -0.2) is 30.0 Å². The number of aliphatic hydroxyl groups is 1. The number of ether oxygens (including phenoxy) is 2. The second-order valence-corrected chi connectivity index (χ2v) is 9.44. The summed E-state index contributed by atoms with van der Waals surface area (Å²) in [6, 6.07) is 17.4. The summed E-state index contributed by atoms with van der Waals surface area (Å²) in [5.74, 6) is -0.283. The molecule has 0 saturated carbocycles. The molecular formula is C30H31NO5. The van der Waals surface area contributed by atoms with Gasteiger partial charge in [0.1, 0.15) is 17.3 Å². The molecule has 186 valence electrons. The van der Waals surface area contributed by atoms with Crippen molar-refractivity contribution in [2.75, 3.05) is 12.0 Å². The van der Waals surface area contributed by atoms with E-state index in [1.807, 2.05) is 65.0 Å². The molecule has 0 aromatic heterocycles. The fourth-order valence-electron chi connectivity index (χ4n) is 4.63. The van der Waals surface area contributed by atoms with Crippen LogP contribution >= 0.6 is 0 Å². The summed E-state index contributed by atoms with van der Waals surface area (Å²) in [5, 5.41) is 11.4. The molecule has 3 aromatic carbocycles. The maximum Gasteiger partial charge on any atom is 0.300 e. The van der Waals surface area contributed by atoms with Gasteiger partial charge in [-0.15, -0.1) is 0 Å². The fraction of sp³-hybridized carbons (Fsp3) is 0.267. The summed E-state index contributed by atoms with van der Waals surface area (Å²) in [5.41, 5.74) is 4.53. The fourth-order valence-corrected chi connectivity index (χ4v) is 4.63. The minimum Gasteiger partial charge on any atom is -0.507 e. The number of ketones is 1. The molecule has 0 bridgehead atoms. The van der Waals surface area contributed by atoms with E-state index in [9.17, 15) is 14.7 Å². The van der Waals surface area contributed by atoms with E-state index in [4.69, 9.17) is 9.47 Å². The van der Waals surface area contributed by atoms with E-state index in [-0.39, 0.29) is 17.4 Å². The van der Waals surface area contributed by atoms with Crippen molar-refractivity contribution in [2.45, 2.75) is 46.8 Å². The van der Waals surface area contributed by atoms with Gasteiger partial charge in [-0.05, 0) is 99.3 Å². The molecule has 1 heterocycles. The zero-order chi connectivity index (χ0) is 26.1. The molecular weight excluding hydrogens is 454 g/mol. The SMILES string of the molecule is COc1ccc(C2/C(=C(/O)c3ccc(OC(C)C)c(C)c3)C(=O)C(=O)N2c2cc(C)cc(C)c2)cc1. The van der Waals surface area contributed by atoms with Gasteiger partial charge in [0.15, 0.2) is 0 Å². The highest BCUT2D eigenvalue weighted by Gasteiger charge is 2.47. The van der Waals surface area contributed by atoms with Gasteiger partial charge in [0.05, 0.1) is 24.8 Å². The number of carbonyl (C=O) groups excluding carboxylic acids is 2. The van der Waals surface area contributed by atoms with Crippen LogP contribution in [0.25, 0.3) is 5.76 Å². The van der Waals surface area contributed by atoms with E-state index in [0.29, 0.717) is 28.3 Å². The predicted octanol–water partition coefficient (Wildman–Crippen LogP) is 6.03. The summed E-state index contributed by atoms with van der Waals surface area (Å²) >= 11 is 0.